The summed E-state index contributed by atoms with van der Waals surface area (Å²) in [6.07, 6.45) is 1.92. The molecule has 1 unspecified atom stereocenters. The van der Waals surface area contributed by atoms with Crippen molar-refractivity contribution in [1.82, 2.24) is 5.32 Å². The van der Waals surface area contributed by atoms with Gasteiger partial charge < -0.3 is 20.6 Å². The van der Waals surface area contributed by atoms with Crippen LogP contribution in [0.25, 0.3) is 0 Å². The van der Waals surface area contributed by atoms with Crippen molar-refractivity contribution in [3.63, 3.8) is 0 Å². The third-order valence-corrected chi connectivity index (χ3v) is 5.12. The van der Waals surface area contributed by atoms with Gasteiger partial charge in [-0.3, -0.25) is 0 Å². The van der Waals surface area contributed by atoms with Crippen LogP contribution in [0.2, 0.25) is 0 Å². The van der Waals surface area contributed by atoms with Gasteiger partial charge in [0.1, 0.15) is 0 Å². The second-order valence-corrected chi connectivity index (χ2v) is 7.14. The average molecular weight is 367 g/mol. The van der Waals surface area contributed by atoms with Gasteiger partial charge in [0.15, 0.2) is 0 Å². The molecule has 3 rings (SSSR count). The van der Waals surface area contributed by atoms with E-state index in [1.807, 2.05) is 12.1 Å². The summed E-state index contributed by atoms with van der Waals surface area (Å²) >= 11 is 0. The molecule has 0 saturated heterocycles. The predicted molar refractivity (Wildman–Crippen MR) is 111 cm³/mol. The molecule has 3 N–H and O–H groups in total. The van der Waals surface area contributed by atoms with Crippen molar-refractivity contribution in [2.45, 2.75) is 39.2 Å². The number of anilines is 2. The Hall–Kier alpha value is -2.53. The number of likely N-dealkylation sites (N-methyl/N-ethyl adjacent to an activating group) is 1. The minimum atomic E-state index is -0.323. The molecular weight excluding hydrogens is 338 g/mol. The first-order valence-corrected chi connectivity index (χ1v) is 9.72. The van der Waals surface area contributed by atoms with Crippen molar-refractivity contribution >= 4 is 17.4 Å². The molecule has 0 aromatic heterocycles. The van der Waals surface area contributed by atoms with Crippen molar-refractivity contribution in [2.24, 2.45) is 0 Å². The maximum atomic E-state index is 12.3. The van der Waals surface area contributed by atoms with E-state index in [4.69, 9.17) is 0 Å². The number of hydrogen-bond acceptors (Lipinski definition) is 3. The Labute approximate surface area is 161 Å². The van der Waals surface area contributed by atoms with Crippen LogP contribution in [0, 0.1) is 6.92 Å². The van der Waals surface area contributed by atoms with Crippen LogP contribution in [-0.4, -0.2) is 36.9 Å². The Kier molecular flexibility index (Phi) is 6.35. The number of rotatable bonds is 6. The van der Waals surface area contributed by atoms with Gasteiger partial charge in [-0.1, -0.05) is 24.3 Å². The Morgan fingerprint density at radius 3 is 2.85 bits per heavy atom. The number of urea groups is 1. The van der Waals surface area contributed by atoms with Crippen molar-refractivity contribution in [3.8, 4) is 0 Å². The number of aryl methyl sites for hydroxylation is 2. The number of benzene rings is 2. The van der Waals surface area contributed by atoms with Gasteiger partial charge in [0.05, 0.1) is 6.10 Å². The first kappa shape index (κ1) is 19.2. The van der Waals surface area contributed by atoms with E-state index in [0.29, 0.717) is 13.0 Å². The van der Waals surface area contributed by atoms with Crippen LogP contribution < -0.4 is 15.5 Å². The zero-order chi connectivity index (χ0) is 19.2. The van der Waals surface area contributed by atoms with Gasteiger partial charge in [-0.25, -0.2) is 4.79 Å². The molecule has 2 aromatic rings. The molecule has 5 heteroatoms. The number of nitrogens with zero attached hydrogens (tertiary/aromatic N) is 1. The SMILES string of the molecule is CCN(CCNC(=O)Nc1cccc2c1CC(O)CC2)c1cccc(C)c1. The number of aliphatic hydroxyl groups excluding tert-OH is 1. The first-order chi connectivity index (χ1) is 13.1. The molecule has 0 saturated carbocycles. The number of fused-ring (bicyclic) bond motifs is 1. The van der Waals surface area contributed by atoms with Gasteiger partial charge in [0.2, 0.25) is 0 Å². The molecule has 2 amide bonds. The molecule has 0 aliphatic heterocycles. The highest BCUT2D eigenvalue weighted by molar-refractivity contribution is 5.90. The normalized spacial score (nSPS) is 15.7. The lowest BCUT2D eigenvalue weighted by molar-refractivity contribution is 0.159. The number of hydrogen-bond donors (Lipinski definition) is 3. The fourth-order valence-electron chi connectivity index (χ4n) is 3.65. The molecule has 0 heterocycles. The fraction of sp³-hybridized carbons (Fsp3) is 0.409. The van der Waals surface area contributed by atoms with E-state index in [1.54, 1.807) is 0 Å². The Balaban J connectivity index is 1.54. The van der Waals surface area contributed by atoms with E-state index >= 15 is 0 Å². The lowest BCUT2D eigenvalue weighted by atomic mass is 9.88. The van der Waals surface area contributed by atoms with Gasteiger partial charge in [-0.2, -0.15) is 0 Å². The molecule has 144 valence electrons. The van der Waals surface area contributed by atoms with Crippen LogP contribution in [0.1, 0.15) is 30.0 Å². The molecule has 2 aromatic carbocycles. The van der Waals surface area contributed by atoms with Crippen LogP contribution in [0.5, 0.6) is 0 Å². The number of aliphatic hydroxyl groups is 1. The summed E-state index contributed by atoms with van der Waals surface area (Å²) in [6, 6.07) is 14.1. The van der Waals surface area contributed by atoms with Crippen molar-refractivity contribution in [1.29, 1.82) is 0 Å². The van der Waals surface area contributed by atoms with Crippen LogP contribution in [0.3, 0.4) is 0 Å². The minimum Gasteiger partial charge on any atom is -0.393 e. The smallest absolute Gasteiger partial charge is 0.319 e. The van der Waals surface area contributed by atoms with E-state index in [9.17, 15) is 9.90 Å². The lowest BCUT2D eigenvalue weighted by Gasteiger charge is -2.25. The molecule has 0 bridgehead atoms. The number of amides is 2. The summed E-state index contributed by atoms with van der Waals surface area (Å²) in [5, 5.41) is 15.8. The van der Waals surface area contributed by atoms with Gasteiger partial charge in [-0.15, -0.1) is 0 Å². The summed E-state index contributed by atoms with van der Waals surface area (Å²) in [5.41, 5.74) is 5.48. The molecule has 27 heavy (non-hydrogen) atoms. The van der Waals surface area contributed by atoms with E-state index in [2.05, 4.69) is 59.7 Å². The van der Waals surface area contributed by atoms with Crippen molar-refractivity contribution in [2.75, 3.05) is 29.9 Å². The van der Waals surface area contributed by atoms with Crippen LogP contribution in [0.4, 0.5) is 16.2 Å². The average Bonchev–Trinajstić information content (AvgIpc) is 2.66. The molecule has 0 radical (unpaired) electrons. The summed E-state index contributed by atoms with van der Waals surface area (Å²) < 4.78 is 0. The summed E-state index contributed by atoms with van der Waals surface area (Å²) in [6.45, 7) is 6.39. The number of carbonyl (C=O) groups is 1. The van der Waals surface area contributed by atoms with Gasteiger partial charge in [0.25, 0.3) is 0 Å². The topological polar surface area (TPSA) is 64.6 Å². The maximum absolute atomic E-state index is 12.3. The highest BCUT2D eigenvalue weighted by Gasteiger charge is 2.19. The first-order valence-electron chi connectivity index (χ1n) is 9.72. The molecule has 1 aliphatic carbocycles. The summed E-state index contributed by atoms with van der Waals surface area (Å²) in [4.78, 5) is 14.6. The fourth-order valence-corrected chi connectivity index (χ4v) is 3.65. The highest BCUT2D eigenvalue weighted by atomic mass is 16.3. The summed E-state index contributed by atoms with van der Waals surface area (Å²) in [7, 11) is 0. The Morgan fingerprint density at radius 1 is 1.26 bits per heavy atom. The molecule has 1 atom stereocenters. The van der Waals surface area contributed by atoms with Gasteiger partial charge >= 0.3 is 6.03 Å². The van der Waals surface area contributed by atoms with Crippen LogP contribution in [0.15, 0.2) is 42.5 Å². The van der Waals surface area contributed by atoms with Gasteiger partial charge in [0, 0.05) is 37.4 Å². The molecule has 0 fully saturated rings. The predicted octanol–water partition coefficient (Wildman–Crippen LogP) is 3.49. The van der Waals surface area contributed by atoms with Crippen molar-refractivity contribution < 1.29 is 9.90 Å². The van der Waals surface area contributed by atoms with E-state index in [1.165, 1.54) is 16.8 Å². The molecule has 1 aliphatic rings. The second-order valence-electron chi connectivity index (χ2n) is 7.14. The highest BCUT2D eigenvalue weighted by Crippen LogP contribution is 2.28. The van der Waals surface area contributed by atoms with E-state index in [0.717, 1.165) is 37.2 Å². The van der Waals surface area contributed by atoms with Crippen molar-refractivity contribution in [3.05, 3.63) is 59.2 Å². The molecule has 0 spiro atoms. The molecular formula is C22H29N3O2. The zero-order valence-corrected chi connectivity index (χ0v) is 16.2. The van der Waals surface area contributed by atoms with Crippen LogP contribution >= 0.6 is 0 Å². The largest absolute Gasteiger partial charge is 0.393 e. The zero-order valence-electron chi connectivity index (χ0n) is 16.2. The summed E-state index contributed by atoms with van der Waals surface area (Å²) in [5.74, 6) is 0. The monoisotopic (exact) mass is 367 g/mol. The van der Waals surface area contributed by atoms with E-state index < -0.39 is 0 Å². The van der Waals surface area contributed by atoms with Crippen LogP contribution in [-0.2, 0) is 12.8 Å². The third kappa shape index (κ3) is 5.01. The maximum Gasteiger partial charge on any atom is 0.319 e. The Bertz CT molecular complexity index is 791. The van der Waals surface area contributed by atoms with Gasteiger partial charge in [-0.05, 0) is 61.6 Å². The van der Waals surface area contributed by atoms with E-state index in [-0.39, 0.29) is 12.1 Å². The second kappa shape index (κ2) is 8.91. The number of carbonyl (C=O) groups excluding carboxylic acids is 1. The minimum absolute atomic E-state index is 0.205. The number of nitrogens with one attached hydrogen (secondary N) is 2. The quantitative estimate of drug-likeness (QED) is 0.732. The lowest BCUT2D eigenvalue weighted by Crippen LogP contribution is -2.37. The Morgan fingerprint density at radius 2 is 2.07 bits per heavy atom. The standard InChI is InChI=1S/C22H29N3O2/c1-3-25(18-8-4-6-16(2)14-18)13-12-23-22(27)24-21-9-5-7-17-10-11-19(26)15-20(17)21/h4-9,14,19,26H,3,10-13,15H2,1-2H3,(H2,23,24,27). The third-order valence-electron chi connectivity index (χ3n) is 5.12. The molecule has 5 nitrogen and oxygen atoms in total.